The second kappa shape index (κ2) is 9.75. The SMILES string of the molecule is COC[C@@H]1C(=O)NCCN1C(=O)C[C@H](N)Cc1cc(F)c(F)cc1F.Cl. The number of rotatable bonds is 6. The van der Waals surface area contributed by atoms with E-state index in [4.69, 9.17) is 10.5 Å². The Morgan fingerprint density at radius 3 is 2.65 bits per heavy atom. The molecule has 1 fully saturated rings. The number of hydrogen-bond acceptors (Lipinski definition) is 4. The molecule has 6 nitrogen and oxygen atoms in total. The zero-order valence-electron chi connectivity index (χ0n) is 14.1. The van der Waals surface area contributed by atoms with Crippen molar-refractivity contribution in [1.82, 2.24) is 10.2 Å². The molecule has 0 radical (unpaired) electrons. The Kier molecular flexibility index (Phi) is 8.32. The number of methoxy groups -OCH3 is 1. The molecule has 0 bridgehead atoms. The average Bonchev–Trinajstić information content (AvgIpc) is 2.54. The van der Waals surface area contributed by atoms with Crippen LogP contribution in [-0.2, 0) is 20.7 Å². The van der Waals surface area contributed by atoms with Crippen molar-refractivity contribution >= 4 is 24.2 Å². The molecule has 10 heteroatoms. The molecule has 146 valence electrons. The second-order valence-electron chi connectivity index (χ2n) is 5.88. The van der Waals surface area contributed by atoms with E-state index in [2.05, 4.69) is 5.32 Å². The molecule has 1 aromatic rings. The molecule has 2 amide bonds. The molecule has 0 saturated carbocycles. The Bertz CT molecular complexity index is 663. The van der Waals surface area contributed by atoms with Gasteiger partial charge in [-0.2, -0.15) is 0 Å². The summed E-state index contributed by atoms with van der Waals surface area (Å²) in [6, 6.07) is -0.377. The summed E-state index contributed by atoms with van der Waals surface area (Å²) in [5, 5.41) is 2.64. The van der Waals surface area contributed by atoms with Crippen LogP contribution in [0.15, 0.2) is 12.1 Å². The lowest BCUT2D eigenvalue weighted by Gasteiger charge is -2.35. The predicted octanol–water partition coefficient (Wildman–Crippen LogP) is 0.759. The Hall–Kier alpha value is -1.84. The first kappa shape index (κ1) is 22.2. The zero-order valence-corrected chi connectivity index (χ0v) is 15.0. The van der Waals surface area contributed by atoms with Crippen molar-refractivity contribution in [2.75, 3.05) is 26.8 Å². The second-order valence-corrected chi connectivity index (χ2v) is 5.88. The lowest BCUT2D eigenvalue weighted by Crippen LogP contribution is -2.59. The Balaban J connectivity index is 0.00000338. The maximum absolute atomic E-state index is 13.7. The number of piperazine rings is 1. The number of amides is 2. The van der Waals surface area contributed by atoms with E-state index in [0.717, 1.165) is 6.07 Å². The third-order valence-electron chi connectivity index (χ3n) is 3.98. The summed E-state index contributed by atoms with van der Waals surface area (Å²) in [7, 11) is 1.42. The molecular formula is C16H21ClF3N3O3. The highest BCUT2D eigenvalue weighted by Crippen LogP contribution is 2.16. The number of nitrogens with two attached hydrogens (primary N) is 1. The summed E-state index contributed by atoms with van der Waals surface area (Å²) in [5.41, 5.74) is 5.75. The summed E-state index contributed by atoms with van der Waals surface area (Å²) in [5.74, 6) is -4.08. The quantitative estimate of drug-likeness (QED) is 0.696. The minimum Gasteiger partial charge on any atom is -0.382 e. The van der Waals surface area contributed by atoms with E-state index in [9.17, 15) is 22.8 Å². The number of benzene rings is 1. The maximum Gasteiger partial charge on any atom is 0.245 e. The molecule has 1 saturated heterocycles. The molecule has 1 heterocycles. The number of ether oxygens (including phenoxy) is 1. The van der Waals surface area contributed by atoms with Crippen LogP contribution in [0.25, 0.3) is 0 Å². The van der Waals surface area contributed by atoms with Crippen molar-refractivity contribution < 1.29 is 27.5 Å². The fraction of sp³-hybridized carbons (Fsp3) is 0.500. The van der Waals surface area contributed by atoms with Crippen molar-refractivity contribution in [2.45, 2.75) is 24.9 Å². The maximum atomic E-state index is 13.7. The van der Waals surface area contributed by atoms with Gasteiger partial charge in [0.15, 0.2) is 11.6 Å². The fourth-order valence-corrected chi connectivity index (χ4v) is 2.75. The highest BCUT2D eigenvalue weighted by molar-refractivity contribution is 5.89. The van der Waals surface area contributed by atoms with Gasteiger partial charge in [-0.1, -0.05) is 0 Å². The first-order valence-corrected chi connectivity index (χ1v) is 7.78. The van der Waals surface area contributed by atoms with E-state index in [1.54, 1.807) is 0 Å². The largest absolute Gasteiger partial charge is 0.382 e. The third-order valence-corrected chi connectivity index (χ3v) is 3.98. The van der Waals surface area contributed by atoms with E-state index < -0.39 is 29.5 Å². The van der Waals surface area contributed by atoms with Gasteiger partial charge in [0.05, 0.1) is 6.61 Å². The Labute approximate surface area is 155 Å². The van der Waals surface area contributed by atoms with Crippen molar-refractivity contribution in [3.63, 3.8) is 0 Å². The van der Waals surface area contributed by atoms with Gasteiger partial charge in [-0.25, -0.2) is 13.2 Å². The summed E-state index contributed by atoms with van der Waals surface area (Å²) < 4.78 is 44.8. The highest BCUT2D eigenvalue weighted by Gasteiger charge is 2.33. The van der Waals surface area contributed by atoms with Crippen LogP contribution in [0.3, 0.4) is 0 Å². The van der Waals surface area contributed by atoms with Crippen LogP contribution in [0.1, 0.15) is 12.0 Å². The van der Waals surface area contributed by atoms with E-state index in [-0.39, 0.29) is 49.2 Å². The van der Waals surface area contributed by atoms with Crippen LogP contribution < -0.4 is 11.1 Å². The number of nitrogens with one attached hydrogen (secondary N) is 1. The molecule has 26 heavy (non-hydrogen) atoms. The Morgan fingerprint density at radius 1 is 1.35 bits per heavy atom. The van der Waals surface area contributed by atoms with Gasteiger partial charge >= 0.3 is 0 Å². The molecule has 1 aromatic carbocycles. The molecule has 0 aliphatic carbocycles. The monoisotopic (exact) mass is 395 g/mol. The normalized spacial score (nSPS) is 18.1. The topological polar surface area (TPSA) is 84.7 Å². The first-order chi connectivity index (χ1) is 11.8. The molecule has 0 aromatic heterocycles. The van der Waals surface area contributed by atoms with E-state index >= 15 is 0 Å². The molecular weight excluding hydrogens is 375 g/mol. The lowest BCUT2D eigenvalue weighted by atomic mass is 10.0. The van der Waals surface area contributed by atoms with Gasteiger partial charge in [-0.05, 0) is 18.1 Å². The summed E-state index contributed by atoms with van der Waals surface area (Å²) in [4.78, 5) is 25.6. The minimum absolute atomic E-state index is 0. The first-order valence-electron chi connectivity index (χ1n) is 7.78. The zero-order chi connectivity index (χ0) is 18.6. The molecule has 2 atom stereocenters. The van der Waals surface area contributed by atoms with Crippen molar-refractivity contribution in [3.8, 4) is 0 Å². The van der Waals surface area contributed by atoms with Crippen LogP contribution in [0.4, 0.5) is 13.2 Å². The molecule has 0 spiro atoms. The lowest BCUT2D eigenvalue weighted by molar-refractivity contribution is -0.145. The summed E-state index contributed by atoms with van der Waals surface area (Å²) in [6.07, 6.45) is -0.296. The predicted molar refractivity (Wildman–Crippen MR) is 90.2 cm³/mol. The fourth-order valence-electron chi connectivity index (χ4n) is 2.75. The van der Waals surface area contributed by atoms with E-state index in [1.807, 2.05) is 0 Å². The third kappa shape index (κ3) is 5.33. The van der Waals surface area contributed by atoms with Gasteiger partial charge in [-0.15, -0.1) is 12.4 Å². The van der Waals surface area contributed by atoms with Crippen LogP contribution in [0.5, 0.6) is 0 Å². The minimum atomic E-state index is -1.28. The van der Waals surface area contributed by atoms with E-state index in [1.165, 1.54) is 12.0 Å². The number of hydrogen-bond donors (Lipinski definition) is 2. The molecule has 1 aliphatic heterocycles. The van der Waals surface area contributed by atoms with Gasteiger partial charge in [0.1, 0.15) is 11.9 Å². The van der Waals surface area contributed by atoms with Gasteiger partial charge < -0.3 is 20.7 Å². The Morgan fingerprint density at radius 2 is 2.00 bits per heavy atom. The van der Waals surface area contributed by atoms with Crippen molar-refractivity contribution in [1.29, 1.82) is 0 Å². The summed E-state index contributed by atoms with van der Waals surface area (Å²) >= 11 is 0. The van der Waals surface area contributed by atoms with Crippen LogP contribution in [-0.4, -0.2) is 55.6 Å². The van der Waals surface area contributed by atoms with Gasteiger partial charge in [0, 0.05) is 38.7 Å². The highest BCUT2D eigenvalue weighted by atomic mass is 35.5. The smallest absolute Gasteiger partial charge is 0.245 e. The standard InChI is InChI=1S/C16H20F3N3O3.ClH/c1-25-8-14-16(24)21-2-3-22(14)15(23)6-10(20)4-9-5-12(18)13(19)7-11(9)17;/h5,7,10,14H,2-4,6,8,20H2,1H3,(H,21,24);1H/t10-,14-;/m1./s1. The van der Waals surface area contributed by atoms with E-state index in [0.29, 0.717) is 19.2 Å². The average molecular weight is 396 g/mol. The van der Waals surface area contributed by atoms with Crippen LogP contribution in [0, 0.1) is 17.5 Å². The van der Waals surface area contributed by atoms with Crippen LogP contribution >= 0.6 is 12.4 Å². The van der Waals surface area contributed by atoms with Crippen molar-refractivity contribution in [2.24, 2.45) is 5.73 Å². The van der Waals surface area contributed by atoms with Gasteiger partial charge in [-0.3, -0.25) is 9.59 Å². The number of halogens is 4. The molecule has 2 rings (SSSR count). The molecule has 1 aliphatic rings. The summed E-state index contributed by atoms with van der Waals surface area (Å²) in [6.45, 7) is 0.674. The van der Waals surface area contributed by atoms with Crippen LogP contribution in [0.2, 0.25) is 0 Å². The number of nitrogens with zero attached hydrogens (tertiary/aromatic N) is 1. The molecule has 3 N–H and O–H groups in total. The van der Waals surface area contributed by atoms with Crippen molar-refractivity contribution in [3.05, 3.63) is 35.1 Å². The van der Waals surface area contributed by atoms with Gasteiger partial charge in [0.25, 0.3) is 0 Å². The number of carbonyl (C=O) groups excluding carboxylic acids is 2. The van der Waals surface area contributed by atoms with Gasteiger partial charge in [0.2, 0.25) is 11.8 Å². The number of carbonyl (C=O) groups is 2. The molecule has 0 unspecified atom stereocenters.